The van der Waals surface area contributed by atoms with Crippen LogP contribution in [0.15, 0.2) is 132 Å². The molecule has 8 bridgehead atoms. The van der Waals surface area contributed by atoms with Crippen LogP contribution in [0.2, 0.25) is 0 Å². The number of thioether (sulfide) groups is 1. The first-order valence-corrected chi connectivity index (χ1v) is 21.8. The van der Waals surface area contributed by atoms with Gasteiger partial charge < -0.3 is 24.2 Å². The molecule has 0 unspecified atom stereocenters. The molecule has 0 atom stereocenters. The van der Waals surface area contributed by atoms with Crippen molar-refractivity contribution < 1.29 is 31.8 Å². The summed E-state index contributed by atoms with van der Waals surface area (Å²) in [5.41, 5.74) is 7.85. The summed E-state index contributed by atoms with van der Waals surface area (Å²) < 4.78 is 82.8. The van der Waals surface area contributed by atoms with Gasteiger partial charge in [-0.1, -0.05) is 66.7 Å². The maximum absolute atomic E-state index is 16.9. The van der Waals surface area contributed by atoms with Crippen LogP contribution in [-0.2, 0) is 5.75 Å². The third-order valence-corrected chi connectivity index (χ3v) is 12.7. The van der Waals surface area contributed by atoms with E-state index in [1.165, 1.54) is 0 Å². The Morgan fingerprint density at radius 2 is 0.758 bits per heavy atom. The molecule has 8 aromatic rings. The molecule has 2 N–H and O–H groups in total. The predicted octanol–water partition coefficient (Wildman–Crippen LogP) is 14.2. The SMILES string of the molecule is COc1ccc(-c2c3nc(c(-c4ccc(OC)cc4)c4ccc([nH]4)c(-c4c(F)c(F)c(SCc5ccccc5)c(F)c4F)c4nc(c(-c5ccc(OC)cc5)c5ccc2[nH]5)C=C4)C=C3)cc1. The second-order valence-corrected chi connectivity index (χ2v) is 16.4. The molecule has 0 spiro atoms. The van der Waals surface area contributed by atoms with Crippen LogP contribution in [0.25, 0.3) is 90.9 Å². The second-order valence-electron chi connectivity index (χ2n) is 15.4. The smallest absolute Gasteiger partial charge is 0.176 e. The van der Waals surface area contributed by atoms with Crippen molar-refractivity contribution in [2.45, 2.75) is 10.6 Å². The molecule has 2 aliphatic rings. The Kier molecular flexibility index (Phi) is 11.3. The summed E-state index contributed by atoms with van der Waals surface area (Å²) in [6, 6.07) is 38.7. The van der Waals surface area contributed by atoms with E-state index in [0.717, 1.165) is 33.3 Å². The Morgan fingerprint density at radius 3 is 1.12 bits per heavy atom. The summed E-state index contributed by atoms with van der Waals surface area (Å²) in [4.78, 5) is 16.5. The van der Waals surface area contributed by atoms with Crippen molar-refractivity contribution in [3.63, 3.8) is 0 Å². The zero-order valence-electron chi connectivity index (χ0n) is 35.7. The molecule has 0 radical (unpaired) electrons. The molecule has 5 heterocycles. The number of H-pyrrole nitrogens is 2. The molecule has 0 saturated heterocycles. The van der Waals surface area contributed by atoms with E-state index in [4.69, 9.17) is 24.2 Å². The van der Waals surface area contributed by atoms with Crippen LogP contribution in [0.5, 0.6) is 17.2 Å². The average molecular weight is 899 g/mol. The summed E-state index contributed by atoms with van der Waals surface area (Å²) >= 11 is 0.681. The number of hydrogen-bond acceptors (Lipinski definition) is 6. The lowest BCUT2D eigenvalue weighted by Crippen LogP contribution is -2.04. The Morgan fingerprint density at radius 1 is 0.409 bits per heavy atom. The number of rotatable bonds is 10. The topological polar surface area (TPSA) is 85.1 Å². The highest BCUT2D eigenvalue weighted by atomic mass is 32.2. The lowest BCUT2D eigenvalue weighted by atomic mass is 10.0. The maximum atomic E-state index is 16.9. The number of methoxy groups -OCH3 is 3. The van der Waals surface area contributed by atoms with Crippen LogP contribution in [0, 0.1) is 23.3 Å². The van der Waals surface area contributed by atoms with Crippen molar-refractivity contribution in [3.8, 4) is 61.8 Å². The quantitative estimate of drug-likeness (QED) is 0.0808. The van der Waals surface area contributed by atoms with Crippen LogP contribution >= 0.6 is 11.8 Å². The van der Waals surface area contributed by atoms with Crippen LogP contribution in [-0.4, -0.2) is 41.3 Å². The lowest BCUT2D eigenvalue weighted by molar-refractivity contribution is 0.415. The molecule has 2 aliphatic heterocycles. The fraction of sp³-hybridized carbons (Fsp3) is 0.0741. The van der Waals surface area contributed by atoms with E-state index in [9.17, 15) is 0 Å². The molecule has 10 rings (SSSR count). The number of nitrogens with zero attached hydrogens (tertiary/aromatic N) is 2. The van der Waals surface area contributed by atoms with Crippen molar-refractivity contribution in [1.29, 1.82) is 0 Å². The molecular formula is C54H38F4N4O3S. The molecule has 0 saturated carbocycles. The Labute approximate surface area is 381 Å². The van der Waals surface area contributed by atoms with Gasteiger partial charge in [-0.15, -0.1) is 11.8 Å². The van der Waals surface area contributed by atoms with Gasteiger partial charge >= 0.3 is 0 Å². The van der Waals surface area contributed by atoms with Gasteiger partial charge in [0.1, 0.15) is 17.2 Å². The van der Waals surface area contributed by atoms with E-state index in [2.05, 4.69) is 9.97 Å². The largest absolute Gasteiger partial charge is 0.497 e. The summed E-state index contributed by atoms with van der Waals surface area (Å²) in [6.45, 7) is 0. The number of halogens is 4. The Bertz CT molecular complexity index is 3330. The molecule has 5 aromatic carbocycles. The van der Waals surface area contributed by atoms with Gasteiger partial charge in [-0.05, 0) is 107 Å². The van der Waals surface area contributed by atoms with E-state index in [1.54, 1.807) is 69.9 Å². The number of ether oxygens (including phenoxy) is 3. The lowest BCUT2D eigenvalue weighted by Gasteiger charge is -2.13. The van der Waals surface area contributed by atoms with Crippen LogP contribution < -0.4 is 14.2 Å². The average Bonchev–Trinajstić information content (AvgIpc) is 4.21. The van der Waals surface area contributed by atoms with Gasteiger partial charge in [0.05, 0.1) is 54.6 Å². The number of benzene rings is 5. The second kappa shape index (κ2) is 17.6. The summed E-state index contributed by atoms with van der Waals surface area (Å²) in [5.74, 6) is -4.06. The predicted molar refractivity (Wildman–Crippen MR) is 256 cm³/mol. The number of hydrogen-bond donors (Lipinski definition) is 2. The van der Waals surface area contributed by atoms with Gasteiger partial charge in [-0.2, -0.15) is 0 Å². The highest BCUT2D eigenvalue weighted by molar-refractivity contribution is 7.98. The van der Waals surface area contributed by atoms with Crippen molar-refractivity contribution in [1.82, 2.24) is 19.9 Å². The number of nitrogens with one attached hydrogen (secondary N) is 2. The summed E-state index contributed by atoms with van der Waals surface area (Å²) in [6.07, 6.45) is 7.15. The number of aromatic nitrogens is 4. The number of aromatic amines is 2. The van der Waals surface area contributed by atoms with Gasteiger partial charge in [-0.3, -0.25) is 0 Å². The fourth-order valence-corrected chi connectivity index (χ4v) is 9.28. The van der Waals surface area contributed by atoms with Crippen LogP contribution in [0.1, 0.15) is 28.3 Å². The third-order valence-electron chi connectivity index (χ3n) is 11.6. The first-order valence-electron chi connectivity index (χ1n) is 20.9. The Hall–Kier alpha value is -7.83. The minimum Gasteiger partial charge on any atom is -0.497 e. The standard InChI is InChI=1S/C54H38F4N4O3S/c1-63-34-15-9-31(10-16-34)45-37-21-23-39(59-37)46(32-11-17-35(64-2)18-12-32)41-25-27-43(61-41)48(49-50(55)52(57)54(53(58)51(49)56)66-29-30-7-5-4-6-8-30)44-28-26-42(62-44)47(40-24-22-38(45)60-40)33-13-19-36(65-3)20-14-33/h4-28,59,62H,29H2,1-3H3. The van der Waals surface area contributed by atoms with E-state index in [-0.39, 0.29) is 22.5 Å². The van der Waals surface area contributed by atoms with Crippen molar-refractivity contribution in [3.05, 3.63) is 179 Å². The molecule has 0 aliphatic carbocycles. The summed E-state index contributed by atoms with van der Waals surface area (Å²) in [5, 5.41) is 0. The molecule has 0 amide bonds. The van der Waals surface area contributed by atoms with Crippen molar-refractivity contribution >= 4 is 58.1 Å². The fourth-order valence-electron chi connectivity index (χ4n) is 8.34. The highest BCUT2D eigenvalue weighted by Crippen LogP contribution is 2.43. The summed E-state index contributed by atoms with van der Waals surface area (Å²) in [7, 11) is 4.78. The Balaban J connectivity index is 1.32. The van der Waals surface area contributed by atoms with Gasteiger partial charge in [0.2, 0.25) is 0 Å². The first-order chi connectivity index (χ1) is 32.2. The number of fused-ring (bicyclic) bond motifs is 8. The van der Waals surface area contributed by atoms with Crippen molar-refractivity contribution in [2.24, 2.45) is 0 Å². The maximum Gasteiger partial charge on any atom is 0.176 e. The van der Waals surface area contributed by atoms with E-state index in [1.807, 2.05) is 103 Å². The van der Waals surface area contributed by atoms with Crippen LogP contribution in [0.3, 0.4) is 0 Å². The molecule has 7 nitrogen and oxygen atoms in total. The first kappa shape index (κ1) is 42.1. The minimum absolute atomic E-state index is 0.0646. The monoisotopic (exact) mass is 898 g/mol. The molecule has 12 heteroatoms. The van der Waals surface area contributed by atoms with Crippen LogP contribution in [0.4, 0.5) is 17.6 Å². The zero-order chi connectivity index (χ0) is 45.5. The van der Waals surface area contributed by atoms with Gasteiger partial charge in [0, 0.05) is 50.1 Å². The molecule has 0 fully saturated rings. The molecule has 66 heavy (non-hydrogen) atoms. The third kappa shape index (κ3) is 7.68. The van der Waals surface area contributed by atoms with Gasteiger partial charge in [0.15, 0.2) is 23.3 Å². The zero-order valence-corrected chi connectivity index (χ0v) is 36.5. The molecule has 3 aromatic heterocycles. The molecular weight excluding hydrogens is 861 g/mol. The normalized spacial score (nSPS) is 11.9. The van der Waals surface area contributed by atoms with E-state index in [0.29, 0.717) is 68.3 Å². The molecule has 326 valence electrons. The van der Waals surface area contributed by atoms with Gasteiger partial charge in [-0.25, -0.2) is 27.5 Å². The van der Waals surface area contributed by atoms with Gasteiger partial charge in [0.25, 0.3) is 0 Å². The minimum atomic E-state index is -1.55. The van der Waals surface area contributed by atoms with Crippen molar-refractivity contribution in [2.75, 3.05) is 21.3 Å². The highest BCUT2D eigenvalue weighted by Gasteiger charge is 2.30. The van der Waals surface area contributed by atoms with E-state index < -0.39 is 33.7 Å². The van der Waals surface area contributed by atoms with E-state index >= 15 is 17.6 Å².